The van der Waals surface area contributed by atoms with E-state index in [0.717, 1.165) is 35.7 Å². The molecule has 0 aliphatic carbocycles. The number of benzene rings is 2. The van der Waals surface area contributed by atoms with Crippen LogP contribution >= 0.6 is 11.6 Å². The molecular weight excluding hydrogens is 445 g/mol. The van der Waals surface area contributed by atoms with Crippen LogP contribution in [0.5, 0.6) is 0 Å². The van der Waals surface area contributed by atoms with Crippen molar-refractivity contribution >= 4 is 41.1 Å². The minimum Gasteiger partial charge on any atom is -0.478 e. The Labute approximate surface area is 196 Å². The van der Waals surface area contributed by atoms with Gasteiger partial charge in [0.15, 0.2) is 0 Å². The smallest absolute Gasteiger partial charge is 0.328 e. The van der Waals surface area contributed by atoms with Crippen LogP contribution in [0.2, 0.25) is 5.02 Å². The molecule has 2 aromatic carbocycles. The number of hydrogen-bond donors (Lipinski definition) is 3. The number of carboxylic acid groups (broad SMARTS) is 1. The van der Waals surface area contributed by atoms with E-state index in [1.54, 1.807) is 12.3 Å². The fourth-order valence-electron chi connectivity index (χ4n) is 3.03. The summed E-state index contributed by atoms with van der Waals surface area (Å²) >= 11 is 5.87. The van der Waals surface area contributed by atoms with Gasteiger partial charge >= 0.3 is 5.97 Å². The van der Waals surface area contributed by atoms with Crippen LogP contribution in [0.15, 0.2) is 54.7 Å². The van der Waals surface area contributed by atoms with Crippen LogP contribution in [0, 0.1) is 5.82 Å². The monoisotopic (exact) mass is 469 g/mol. The Morgan fingerprint density at radius 3 is 2.64 bits per heavy atom. The second-order valence-electron chi connectivity index (χ2n) is 7.59. The van der Waals surface area contributed by atoms with Crippen molar-refractivity contribution in [3.05, 3.63) is 71.1 Å². The standard InChI is InChI=1S/C24H25ClFN5O2/c1-31(2)13-3-12-27-23-19(17-7-4-16(5-8-17)6-11-22(32)33)15-28-24(30-23)29-18-9-10-21(26)20(25)14-18/h4-11,14-15H,3,12-13H2,1-2H3,(H,32,33)(H2,27,28,29,30)/b11-6+. The number of aliphatic carboxylic acids is 1. The SMILES string of the molecule is CN(C)CCCNc1nc(Nc2ccc(F)c(Cl)c2)ncc1-c1ccc(/C=C/C(=O)O)cc1. The largest absolute Gasteiger partial charge is 0.478 e. The van der Waals surface area contributed by atoms with Gasteiger partial charge in [-0.2, -0.15) is 4.98 Å². The van der Waals surface area contributed by atoms with Gasteiger partial charge in [-0.05, 0) is 62.5 Å². The lowest BCUT2D eigenvalue weighted by Crippen LogP contribution is -2.17. The summed E-state index contributed by atoms with van der Waals surface area (Å²) in [4.78, 5) is 21.9. The first kappa shape index (κ1) is 24.2. The van der Waals surface area contributed by atoms with Crippen molar-refractivity contribution in [2.75, 3.05) is 37.8 Å². The summed E-state index contributed by atoms with van der Waals surface area (Å²) in [5.74, 6) is -0.503. The van der Waals surface area contributed by atoms with Gasteiger partial charge in [0.1, 0.15) is 11.6 Å². The molecule has 3 rings (SSSR count). The molecule has 0 aliphatic rings. The molecule has 1 heterocycles. The van der Waals surface area contributed by atoms with Gasteiger partial charge in [-0.1, -0.05) is 35.9 Å². The number of halogens is 2. The van der Waals surface area contributed by atoms with Crippen molar-refractivity contribution in [1.29, 1.82) is 0 Å². The van der Waals surface area contributed by atoms with Crippen LogP contribution < -0.4 is 10.6 Å². The van der Waals surface area contributed by atoms with Gasteiger partial charge in [-0.15, -0.1) is 0 Å². The minimum atomic E-state index is -0.998. The van der Waals surface area contributed by atoms with Gasteiger partial charge in [0.2, 0.25) is 5.95 Å². The molecule has 0 saturated carbocycles. The molecule has 0 radical (unpaired) electrons. The number of hydrogen-bond acceptors (Lipinski definition) is 6. The Kier molecular flexibility index (Phi) is 8.34. The van der Waals surface area contributed by atoms with E-state index in [2.05, 4.69) is 25.5 Å². The summed E-state index contributed by atoms with van der Waals surface area (Å²) in [5, 5.41) is 15.2. The van der Waals surface area contributed by atoms with Gasteiger partial charge in [0, 0.05) is 30.1 Å². The Hall–Kier alpha value is -3.49. The van der Waals surface area contributed by atoms with E-state index in [1.165, 1.54) is 18.2 Å². The topological polar surface area (TPSA) is 90.4 Å². The number of nitrogens with one attached hydrogen (secondary N) is 2. The lowest BCUT2D eigenvalue weighted by atomic mass is 10.1. The summed E-state index contributed by atoms with van der Waals surface area (Å²) in [5.41, 5.74) is 3.03. The number of carboxylic acids is 1. The Bertz CT molecular complexity index is 1140. The van der Waals surface area contributed by atoms with E-state index in [1.807, 2.05) is 38.4 Å². The van der Waals surface area contributed by atoms with Crippen LogP contribution in [-0.2, 0) is 4.79 Å². The van der Waals surface area contributed by atoms with E-state index >= 15 is 0 Å². The third-order valence-corrected chi connectivity index (χ3v) is 4.97. The summed E-state index contributed by atoms with van der Waals surface area (Å²) in [6.07, 6.45) is 5.25. The summed E-state index contributed by atoms with van der Waals surface area (Å²) in [6.45, 7) is 1.64. The van der Waals surface area contributed by atoms with E-state index in [0.29, 0.717) is 24.0 Å². The maximum atomic E-state index is 13.5. The fraction of sp³-hybridized carbons (Fsp3) is 0.208. The highest BCUT2D eigenvalue weighted by Gasteiger charge is 2.11. The zero-order valence-electron chi connectivity index (χ0n) is 18.3. The average molecular weight is 470 g/mol. The molecule has 0 bridgehead atoms. The van der Waals surface area contributed by atoms with Crippen LogP contribution in [0.3, 0.4) is 0 Å². The molecule has 172 valence electrons. The first-order chi connectivity index (χ1) is 15.8. The molecule has 0 atom stereocenters. The zero-order chi connectivity index (χ0) is 23.8. The zero-order valence-corrected chi connectivity index (χ0v) is 19.1. The Morgan fingerprint density at radius 1 is 1.21 bits per heavy atom. The number of nitrogens with zero attached hydrogens (tertiary/aromatic N) is 3. The third kappa shape index (κ3) is 7.27. The molecule has 3 N–H and O–H groups in total. The average Bonchev–Trinajstić information content (AvgIpc) is 2.78. The molecule has 0 unspecified atom stereocenters. The molecule has 9 heteroatoms. The quantitative estimate of drug-likeness (QED) is 0.279. The predicted molar refractivity (Wildman–Crippen MR) is 130 cm³/mol. The van der Waals surface area contributed by atoms with Gasteiger partial charge < -0.3 is 20.6 Å². The molecule has 33 heavy (non-hydrogen) atoms. The van der Waals surface area contributed by atoms with Crippen LogP contribution in [0.25, 0.3) is 17.2 Å². The van der Waals surface area contributed by atoms with E-state index < -0.39 is 11.8 Å². The van der Waals surface area contributed by atoms with Gasteiger partial charge in [-0.3, -0.25) is 0 Å². The molecule has 0 amide bonds. The molecule has 0 fully saturated rings. The molecule has 0 aliphatic heterocycles. The second kappa shape index (κ2) is 11.4. The van der Waals surface area contributed by atoms with Crippen molar-refractivity contribution in [1.82, 2.24) is 14.9 Å². The molecule has 0 saturated heterocycles. The predicted octanol–water partition coefficient (Wildman–Crippen LogP) is 5.14. The van der Waals surface area contributed by atoms with Gasteiger partial charge in [0.05, 0.1) is 5.02 Å². The Balaban J connectivity index is 1.86. The maximum Gasteiger partial charge on any atom is 0.328 e. The highest BCUT2D eigenvalue weighted by Crippen LogP contribution is 2.29. The molecule has 3 aromatic rings. The first-order valence-corrected chi connectivity index (χ1v) is 10.7. The highest BCUT2D eigenvalue weighted by atomic mass is 35.5. The fourth-order valence-corrected chi connectivity index (χ4v) is 3.21. The van der Waals surface area contributed by atoms with Crippen LogP contribution in [0.1, 0.15) is 12.0 Å². The van der Waals surface area contributed by atoms with Crippen molar-refractivity contribution in [3.8, 4) is 11.1 Å². The lowest BCUT2D eigenvalue weighted by Gasteiger charge is -2.15. The van der Waals surface area contributed by atoms with Gasteiger partial charge in [-0.25, -0.2) is 14.2 Å². The number of rotatable bonds is 10. The second-order valence-corrected chi connectivity index (χ2v) is 7.99. The molecule has 7 nitrogen and oxygen atoms in total. The first-order valence-electron chi connectivity index (χ1n) is 10.3. The summed E-state index contributed by atoms with van der Waals surface area (Å²) < 4.78 is 13.5. The van der Waals surface area contributed by atoms with Crippen molar-refractivity contribution < 1.29 is 14.3 Å². The number of anilines is 3. The third-order valence-electron chi connectivity index (χ3n) is 4.68. The van der Waals surface area contributed by atoms with Crippen molar-refractivity contribution in [3.63, 3.8) is 0 Å². The van der Waals surface area contributed by atoms with Crippen LogP contribution in [0.4, 0.5) is 21.8 Å². The molecular formula is C24H25ClFN5O2. The normalized spacial score (nSPS) is 11.2. The number of carbonyl (C=O) groups is 1. The summed E-state index contributed by atoms with van der Waals surface area (Å²) in [6, 6.07) is 11.7. The van der Waals surface area contributed by atoms with Crippen LogP contribution in [-0.4, -0.2) is 53.1 Å². The van der Waals surface area contributed by atoms with Crippen molar-refractivity contribution in [2.24, 2.45) is 0 Å². The molecule has 1 aromatic heterocycles. The Morgan fingerprint density at radius 2 is 1.97 bits per heavy atom. The van der Waals surface area contributed by atoms with Gasteiger partial charge in [0.25, 0.3) is 0 Å². The van der Waals surface area contributed by atoms with Crippen molar-refractivity contribution in [2.45, 2.75) is 6.42 Å². The van der Waals surface area contributed by atoms with E-state index in [-0.39, 0.29) is 5.02 Å². The van der Waals surface area contributed by atoms with E-state index in [4.69, 9.17) is 16.7 Å². The highest BCUT2D eigenvalue weighted by molar-refractivity contribution is 6.31. The van der Waals surface area contributed by atoms with E-state index in [9.17, 15) is 9.18 Å². The minimum absolute atomic E-state index is 0.00990. The lowest BCUT2D eigenvalue weighted by molar-refractivity contribution is -0.131. The maximum absolute atomic E-state index is 13.5. The summed E-state index contributed by atoms with van der Waals surface area (Å²) in [7, 11) is 4.04. The molecule has 0 spiro atoms. The number of aromatic nitrogens is 2.